The minimum Gasteiger partial charge on any atom is -0.355 e. The second-order valence-electron chi connectivity index (χ2n) is 4.15. The number of anilines is 1. The summed E-state index contributed by atoms with van der Waals surface area (Å²) in [5.41, 5.74) is 5.51. The maximum Gasteiger partial charge on any atom is 0.185 e. The van der Waals surface area contributed by atoms with Gasteiger partial charge in [-0.05, 0) is 12.8 Å². The number of nitrogens with two attached hydrogens (primary N) is 1. The van der Waals surface area contributed by atoms with Gasteiger partial charge in [-0.3, -0.25) is 0 Å². The van der Waals surface area contributed by atoms with Gasteiger partial charge in [0.2, 0.25) is 0 Å². The molecule has 0 fully saturated rings. The number of halogens is 1. The van der Waals surface area contributed by atoms with Crippen molar-refractivity contribution in [3.05, 3.63) is 10.0 Å². The maximum atomic E-state index is 8.78. The molecule has 88 valence electrons. The number of nitriles is 1. The molecule has 16 heavy (non-hydrogen) atoms. The summed E-state index contributed by atoms with van der Waals surface area (Å²) in [6.07, 6.45) is 0. The van der Waals surface area contributed by atoms with Crippen LogP contribution < -0.4 is 11.1 Å². The van der Waals surface area contributed by atoms with Gasteiger partial charge in [0.15, 0.2) is 10.3 Å². The monoisotopic (exact) mass is 258 g/mol. The quantitative estimate of drug-likeness (QED) is 0.870. The molecule has 0 aliphatic rings. The van der Waals surface area contributed by atoms with Crippen LogP contribution in [0.4, 0.5) is 5.13 Å². The first-order valence-electron chi connectivity index (χ1n) is 4.97. The van der Waals surface area contributed by atoms with Crippen molar-refractivity contribution in [3.63, 3.8) is 0 Å². The number of hydrogen-bond donors (Lipinski definition) is 2. The van der Waals surface area contributed by atoms with Crippen LogP contribution in [-0.4, -0.2) is 17.1 Å². The van der Waals surface area contributed by atoms with E-state index in [2.05, 4.69) is 24.1 Å². The maximum absolute atomic E-state index is 8.78. The number of rotatable bonds is 4. The van der Waals surface area contributed by atoms with E-state index in [-0.39, 0.29) is 10.7 Å². The lowest BCUT2D eigenvalue weighted by Gasteiger charge is -2.33. The van der Waals surface area contributed by atoms with Crippen LogP contribution in [0.1, 0.15) is 25.6 Å². The highest BCUT2D eigenvalue weighted by molar-refractivity contribution is 7.16. The van der Waals surface area contributed by atoms with E-state index < -0.39 is 0 Å². The smallest absolute Gasteiger partial charge is 0.185 e. The number of thiazole rings is 1. The molecule has 0 radical (unpaired) electrons. The van der Waals surface area contributed by atoms with Crippen molar-refractivity contribution in [2.45, 2.75) is 26.3 Å². The largest absolute Gasteiger partial charge is 0.355 e. The standard InChI is InChI=1S/C10H15ClN4S/c1-6(2)10(3,5-13)15-9-14-8(11)7(4-12)16-9/h6H,5,13H2,1-3H3,(H,14,15). The second kappa shape index (κ2) is 5.00. The molecule has 0 aliphatic carbocycles. The first kappa shape index (κ1) is 13.2. The first-order valence-corrected chi connectivity index (χ1v) is 6.17. The zero-order valence-electron chi connectivity index (χ0n) is 9.54. The summed E-state index contributed by atoms with van der Waals surface area (Å²) in [5.74, 6) is 0.353. The summed E-state index contributed by atoms with van der Waals surface area (Å²) in [7, 11) is 0. The molecule has 0 bridgehead atoms. The number of hydrogen-bond acceptors (Lipinski definition) is 5. The van der Waals surface area contributed by atoms with Crippen molar-refractivity contribution in [2.75, 3.05) is 11.9 Å². The Hall–Kier alpha value is -0.830. The van der Waals surface area contributed by atoms with E-state index >= 15 is 0 Å². The highest BCUT2D eigenvalue weighted by atomic mass is 35.5. The van der Waals surface area contributed by atoms with Gasteiger partial charge in [0.25, 0.3) is 0 Å². The minimum atomic E-state index is -0.242. The second-order valence-corrected chi connectivity index (χ2v) is 5.51. The van der Waals surface area contributed by atoms with Crippen LogP contribution in [0.25, 0.3) is 0 Å². The molecule has 1 heterocycles. The highest BCUT2D eigenvalue weighted by Gasteiger charge is 2.27. The molecular formula is C10H15ClN4S. The fourth-order valence-electron chi connectivity index (χ4n) is 1.10. The minimum absolute atomic E-state index is 0.242. The van der Waals surface area contributed by atoms with E-state index in [1.54, 1.807) is 0 Å². The lowest BCUT2D eigenvalue weighted by atomic mass is 9.89. The summed E-state index contributed by atoms with van der Waals surface area (Å²) in [4.78, 5) is 4.52. The predicted molar refractivity (Wildman–Crippen MR) is 67.8 cm³/mol. The molecule has 4 nitrogen and oxygen atoms in total. The Morgan fingerprint density at radius 2 is 2.31 bits per heavy atom. The molecule has 1 atom stereocenters. The summed E-state index contributed by atoms with van der Waals surface area (Å²) in [6, 6.07) is 2.00. The zero-order valence-corrected chi connectivity index (χ0v) is 11.1. The molecule has 0 spiro atoms. The topological polar surface area (TPSA) is 74.7 Å². The van der Waals surface area contributed by atoms with Crippen molar-refractivity contribution in [1.29, 1.82) is 5.26 Å². The van der Waals surface area contributed by atoms with E-state index in [4.69, 9.17) is 22.6 Å². The molecule has 0 saturated heterocycles. The zero-order chi connectivity index (χ0) is 12.3. The van der Waals surface area contributed by atoms with Crippen LogP contribution >= 0.6 is 22.9 Å². The fraction of sp³-hybridized carbons (Fsp3) is 0.600. The van der Waals surface area contributed by atoms with Gasteiger partial charge >= 0.3 is 0 Å². The van der Waals surface area contributed by atoms with E-state index in [0.29, 0.717) is 22.5 Å². The molecule has 6 heteroatoms. The van der Waals surface area contributed by atoms with Gasteiger partial charge in [-0.2, -0.15) is 5.26 Å². The van der Waals surface area contributed by atoms with Gasteiger partial charge in [0, 0.05) is 6.54 Å². The lowest BCUT2D eigenvalue weighted by Crippen LogP contribution is -2.47. The van der Waals surface area contributed by atoms with Gasteiger partial charge in [-0.1, -0.05) is 36.8 Å². The Kier molecular flexibility index (Phi) is 4.14. The van der Waals surface area contributed by atoms with Crippen molar-refractivity contribution < 1.29 is 0 Å². The van der Waals surface area contributed by atoms with Gasteiger partial charge in [0.05, 0.1) is 5.54 Å². The Labute approximate surface area is 104 Å². The Morgan fingerprint density at radius 1 is 1.69 bits per heavy atom. The summed E-state index contributed by atoms with van der Waals surface area (Å²) in [5, 5.41) is 12.9. The molecule has 0 aliphatic heterocycles. The third-order valence-corrected chi connectivity index (χ3v) is 4.04. The van der Waals surface area contributed by atoms with Crippen LogP contribution in [0.5, 0.6) is 0 Å². The van der Waals surface area contributed by atoms with Crippen molar-refractivity contribution in [3.8, 4) is 6.07 Å². The van der Waals surface area contributed by atoms with Crippen LogP contribution in [0.15, 0.2) is 0 Å². The molecule has 1 unspecified atom stereocenters. The molecule has 1 aromatic heterocycles. The van der Waals surface area contributed by atoms with Gasteiger partial charge < -0.3 is 11.1 Å². The third kappa shape index (κ3) is 2.64. The fourth-order valence-corrected chi connectivity index (χ4v) is 2.18. The first-order chi connectivity index (χ1) is 7.42. The van der Waals surface area contributed by atoms with E-state index in [1.165, 1.54) is 11.3 Å². The summed E-state index contributed by atoms with van der Waals surface area (Å²) < 4.78 is 0. The van der Waals surface area contributed by atoms with Crippen molar-refractivity contribution >= 4 is 28.1 Å². The molecular weight excluding hydrogens is 244 g/mol. The van der Waals surface area contributed by atoms with E-state index in [1.807, 2.05) is 13.0 Å². The molecule has 0 aromatic carbocycles. The Bertz CT molecular complexity index is 409. The highest BCUT2D eigenvalue weighted by Crippen LogP contribution is 2.29. The third-order valence-electron chi connectivity index (χ3n) is 2.78. The lowest BCUT2D eigenvalue weighted by molar-refractivity contribution is 0.382. The van der Waals surface area contributed by atoms with Gasteiger partial charge in [-0.15, -0.1) is 0 Å². The number of nitrogens with zero attached hydrogens (tertiary/aromatic N) is 2. The van der Waals surface area contributed by atoms with Crippen LogP contribution in [0.2, 0.25) is 5.15 Å². The average molecular weight is 259 g/mol. The average Bonchev–Trinajstić information content (AvgIpc) is 2.58. The van der Waals surface area contributed by atoms with E-state index in [9.17, 15) is 0 Å². The van der Waals surface area contributed by atoms with E-state index in [0.717, 1.165) is 0 Å². The van der Waals surface area contributed by atoms with Crippen LogP contribution in [-0.2, 0) is 0 Å². The molecule has 0 amide bonds. The van der Waals surface area contributed by atoms with Gasteiger partial charge in [-0.25, -0.2) is 4.98 Å². The number of aromatic nitrogens is 1. The summed E-state index contributed by atoms with van der Waals surface area (Å²) in [6.45, 7) is 6.68. The molecule has 1 rings (SSSR count). The van der Waals surface area contributed by atoms with Crippen molar-refractivity contribution in [1.82, 2.24) is 4.98 Å². The summed E-state index contributed by atoms with van der Waals surface area (Å²) >= 11 is 7.05. The normalized spacial score (nSPS) is 14.6. The predicted octanol–water partition coefficient (Wildman–Crippen LogP) is 2.45. The van der Waals surface area contributed by atoms with Crippen LogP contribution in [0.3, 0.4) is 0 Å². The molecule has 3 N–H and O–H groups in total. The van der Waals surface area contributed by atoms with Crippen molar-refractivity contribution in [2.24, 2.45) is 11.7 Å². The number of nitrogens with one attached hydrogen (secondary N) is 1. The molecule has 1 aromatic rings. The SMILES string of the molecule is CC(C)C(C)(CN)Nc1nc(Cl)c(C#N)s1. The van der Waals surface area contributed by atoms with Gasteiger partial charge in [0.1, 0.15) is 10.9 Å². The van der Waals surface area contributed by atoms with Crippen LogP contribution in [0, 0.1) is 17.2 Å². The molecule has 0 saturated carbocycles. The Morgan fingerprint density at radius 3 is 2.69 bits per heavy atom. The Balaban J connectivity index is 2.91.